The molecule has 1 heterocycles. The summed E-state index contributed by atoms with van der Waals surface area (Å²) in [7, 11) is 0. The summed E-state index contributed by atoms with van der Waals surface area (Å²) in [6.45, 7) is 3.36. The molecule has 1 unspecified atom stereocenters. The number of rotatable bonds is 1. The number of aryl methyl sites for hydroxylation is 1. The maximum Gasteiger partial charge on any atom is 0.0322 e. The topological polar surface area (TPSA) is 12.0 Å². The first-order valence-corrected chi connectivity index (χ1v) is 6.06. The van der Waals surface area contributed by atoms with Crippen molar-refractivity contribution in [2.45, 2.75) is 32.2 Å². The highest BCUT2D eigenvalue weighted by Gasteiger charge is 2.15. The molecule has 1 aromatic carbocycles. The Hall–Kier alpha value is -0.340. The highest BCUT2D eigenvalue weighted by Crippen LogP contribution is 2.27. The van der Waals surface area contributed by atoms with E-state index in [9.17, 15) is 0 Å². The lowest BCUT2D eigenvalue weighted by atomic mass is 9.94. The van der Waals surface area contributed by atoms with Crippen LogP contribution in [-0.4, -0.2) is 6.54 Å². The summed E-state index contributed by atoms with van der Waals surface area (Å²) in [5.41, 5.74) is 2.85. The van der Waals surface area contributed by atoms with Gasteiger partial charge in [-0.2, -0.15) is 0 Å². The van der Waals surface area contributed by atoms with E-state index in [2.05, 4.69) is 46.4 Å². The smallest absolute Gasteiger partial charge is 0.0322 e. The fraction of sp³-hybridized carbons (Fsp3) is 0.500. The van der Waals surface area contributed by atoms with E-state index in [0.717, 1.165) is 0 Å². The van der Waals surface area contributed by atoms with Crippen molar-refractivity contribution in [1.29, 1.82) is 0 Å². The van der Waals surface area contributed by atoms with E-state index < -0.39 is 0 Å². The molecule has 0 radical (unpaired) electrons. The van der Waals surface area contributed by atoms with Gasteiger partial charge in [0.25, 0.3) is 0 Å². The highest BCUT2D eigenvalue weighted by atomic mass is 79.9. The van der Waals surface area contributed by atoms with Crippen LogP contribution >= 0.6 is 15.9 Å². The van der Waals surface area contributed by atoms with E-state index >= 15 is 0 Å². The van der Waals surface area contributed by atoms with Crippen LogP contribution in [0.5, 0.6) is 0 Å². The number of nitrogens with one attached hydrogen (secondary N) is 1. The number of hydrogen-bond acceptors (Lipinski definition) is 1. The van der Waals surface area contributed by atoms with E-state index in [1.165, 1.54) is 41.4 Å². The van der Waals surface area contributed by atoms with Crippen LogP contribution in [0.1, 0.15) is 36.4 Å². The van der Waals surface area contributed by atoms with E-state index in [1.807, 2.05) is 0 Å². The van der Waals surface area contributed by atoms with Crippen molar-refractivity contribution in [3.63, 3.8) is 0 Å². The number of benzene rings is 1. The summed E-state index contributed by atoms with van der Waals surface area (Å²) >= 11 is 3.50. The van der Waals surface area contributed by atoms with Crippen LogP contribution < -0.4 is 5.32 Å². The Morgan fingerprint density at radius 2 is 2.21 bits per heavy atom. The minimum absolute atomic E-state index is 0.580. The number of hydrogen-bond donors (Lipinski definition) is 1. The van der Waals surface area contributed by atoms with Gasteiger partial charge in [0.1, 0.15) is 0 Å². The van der Waals surface area contributed by atoms with Gasteiger partial charge in [0.2, 0.25) is 0 Å². The maximum atomic E-state index is 3.58. The van der Waals surface area contributed by atoms with Gasteiger partial charge in [-0.1, -0.05) is 28.4 Å². The predicted octanol–water partition coefficient (Wildman–Crippen LogP) is 3.57. The van der Waals surface area contributed by atoms with Gasteiger partial charge < -0.3 is 5.32 Å². The van der Waals surface area contributed by atoms with Crippen molar-refractivity contribution in [2.75, 3.05) is 6.54 Å². The fourth-order valence-corrected chi connectivity index (χ4v) is 2.62. The lowest BCUT2D eigenvalue weighted by Crippen LogP contribution is -2.27. The molecule has 1 saturated heterocycles. The van der Waals surface area contributed by atoms with Gasteiger partial charge in [0.05, 0.1) is 0 Å². The first-order chi connectivity index (χ1) is 6.77. The zero-order chi connectivity index (χ0) is 9.97. The summed E-state index contributed by atoms with van der Waals surface area (Å²) in [6, 6.07) is 7.16. The van der Waals surface area contributed by atoms with Gasteiger partial charge in [0, 0.05) is 10.5 Å². The molecule has 1 N–H and O–H groups in total. The molecule has 2 heteroatoms. The quantitative estimate of drug-likeness (QED) is 0.807. The largest absolute Gasteiger partial charge is 0.310 e. The van der Waals surface area contributed by atoms with Gasteiger partial charge >= 0.3 is 0 Å². The predicted molar refractivity (Wildman–Crippen MR) is 63.5 cm³/mol. The van der Waals surface area contributed by atoms with Crippen LogP contribution in [0, 0.1) is 6.92 Å². The molecule has 0 saturated carbocycles. The highest BCUT2D eigenvalue weighted by molar-refractivity contribution is 9.10. The molecule has 0 bridgehead atoms. The minimum atomic E-state index is 0.580. The van der Waals surface area contributed by atoms with E-state index in [-0.39, 0.29) is 0 Å². The van der Waals surface area contributed by atoms with Crippen LogP contribution in [0.25, 0.3) is 0 Å². The Labute approximate surface area is 94.0 Å². The molecule has 1 aromatic rings. The third-order valence-corrected chi connectivity index (χ3v) is 3.41. The summed E-state index contributed by atoms with van der Waals surface area (Å²) in [5.74, 6) is 0. The normalized spacial score (nSPS) is 22.3. The molecule has 0 spiro atoms. The van der Waals surface area contributed by atoms with Gasteiger partial charge in [-0.15, -0.1) is 0 Å². The molecule has 0 aromatic heterocycles. The van der Waals surface area contributed by atoms with Crippen molar-refractivity contribution in [2.24, 2.45) is 0 Å². The molecule has 2 rings (SSSR count). The zero-order valence-corrected chi connectivity index (χ0v) is 10.1. The van der Waals surface area contributed by atoms with Crippen molar-refractivity contribution < 1.29 is 0 Å². The summed E-state index contributed by atoms with van der Waals surface area (Å²) in [4.78, 5) is 0. The van der Waals surface area contributed by atoms with Crippen molar-refractivity contribution in [1.82, 2.24) is 5.32 Å². The van der Waals surface area contributed by atoms with E-state index in [4.69, 9.17) is 0 Å². The van der Waals surface area contributed by atoms with Crippen LogP contribution in [0.4, 0.5) is 0 Å². The zero-order valence-electron chi connectivity index (χ0n) is 8.52. The summed E-state index contributed by atoms with van der Waals surface area (Å²) < 4.78 is 1.18. The Morgan fingerprint density at radius 1 is 1.36 bits per heavy atom. The molecule has 1 nitrogen and oxygen atoms in total. The molecular weight excluding hydrogens is 238 g/mol. The third-order valence-electron chi connectivity index (χ3n) is 2.92. The second-order valence-electron chi connectivity index (χ2n) is 4.00. The lowest BCUT2D eigenvalue weighted by Gasteiger charge is -2.25. The molecule has 0 aliphatic carbocycles. The second-order valence-corrected chi connectivity index (χ2v) is 4.92. The Morgan fingerprint density at radius 3 is 2.86 bits per heavy atom. The SMILES string of the molecule is Cc1cc(Br)ccc1C1CCCCN1. The lowest BCUT2D eigenvalue weighted by molar-refractivity contribution is 0.411. The first kappa shape index (κ1) is 10.2. The Kier molecular flexibility index (Phi) is 3.24. The standard InChI is InChI=1S/C12H16BrN/c1-9-8-10(13)5-6-11(9)12-4-2-3-7-14-12/h5-6,8,12,14H,2-4,7H2,1H3. The molecule has 14 heavy (non-hydrogen) atoms. The molecule has 1 atom stereocenters. The summed E-state index contributed by atoms with van der Waals surface area (Å²) in [5, 5.41) is 3.58. The third kappa shape index (κ3) is 2.18. The van der Waals surface area contributed by atoms with Gasteiger partial charge in [-0.05, 0) is 49.6 Å². The fourth-order valence-electron chi connectivity index (χ4n) is 2.15. The van der Waals surface area contributed by atoms with Crippen molar-refractivity contribution in [3.05, 3.63) is 33.8 Å². The van der Waals surface area contributed by atoms with Gasteiger partial charge in [0.15, 0.2) is 0 Å². The minimum Gasteiger partial charge on any atom is -0.310 e. The molecular formula is C12H16BrN. The first-order valence-electron chi connectivity index (χ1n) is 5.27. The summed E-state index contributed by atoms with van der Waals surface area (Å²) in [6.07, 6.45) is 3.96. The molecule has 1 fully saturated rings. The van der Waals surface area contributed by atoms with Crippen LogP contribution in [0.3, 0.4) is 0 Å². The molecule has 1 aliphatic rings. The van der Waals surface area contributed by atoms with E-state index in [0.29, 0.717) is 6.04 Å². The Balaban J connectivity index is 2.22. The maximum absolute atomic E-state index is 3.58. The van der Waals surface area contributed by atoms with Crippen molar-refractivity contribution >= 4 is 15.9 Å². The van der Waals surface area contributed by atoms with Crippen LogP contribution in [-0.2, 0) is 0 Å². The van der Waals surface area contributed by atoms with Gasteiger partial charge in [-0.3, -0.25) is 0 Å². The van der Waals surface area contributed by atoms with Crippen LogP contribution in [0.15, 0.2) is 22.7 Å². The average Bonchev–Trinajstić information content (AvgIpc) is 2.19. The van der Waals surface area contributed by atoms with Crippen molar-refractivity contribution in [3.8, 4) is 0 Å². The average molecular weight is 254 g/mol. The Bertz CT molecular complexity index is 316. The molecule has 0 amide bonds. The second kappa shape index (κ2) is 4.45. The number of piperidine rings is 1. The monoisotopic (exact) mass is 253 g/mol. The molecule has 76 valence electrons. The molecule has 1 aliphatic heterocycles. The van der Waals surface area contributed by atoms with E-state index in [1.54, 1.807) is 0 Å². The van der Waals surface area contributed by atoms with Gasteiger partial charge in [-0.25, -0.2) is 0 Å². The number of halogens is 1. The van der Waals surface area contributed by atoms with Crippen LogP contribution in [0.2, 0.25) is 0 Å².